The Kier molecular flexibility index (Phi) is 5.34. The highest BCUT2D eigenvalue weighted by atomic mass is 19.1. The van der Waals surface area contributed by atoms with Gasteiger partial charge in [0.25, 0.3) is 0 Å². The number of halogens is 3. The van der Waals surface area contributed by atoms with Crippen LogP contribution in [0.25, 0.3) is 12.2 Å². The van der Waals surface area contributed by atoms with Gasteiger partial charge in [-0.15, -0.1) is 0 Å². The highest BCUT2D eigenvalue weighted by Crippen LogP contribution is 2.22. The maximum absolute atomic E-state index is 14.3. The average Bonchev–Trinajstić information content (AvgIpc) is 2.63. The first kappa shape index (κ1) is 17.0. The van der Waals surface area contributed by atoms with Crippen molar-refractivity contribution in [2.45, 2.75) is 12.6 Å². The molecule has 0 N–H and O–H groups in total. The van der Waals surface area contributed by atoms with Crippen molar-refractivity contribution in [3.8, 4) is 0 Å². The van der Waals surface area contributed by atoms with Crippen LogP contribution in [0.3, 0.4) is 0 Å². The molecule has 0 aliphatic carbocycles. The lowest BCUT2D eigenvalue weighted by Gasteiger charge is -2.08. The van der Waals surface area contributed by atoms with Crippen LogP contribution in [-0.4, -0.2) is 0 Å². The van der Waals surface area contributed by atoms with Crippen LogP contribution in [0.5, 0.6) is 0 Å². The molecule has 3 heteroatoms. The standard InChI is InChI=1S/C22H17F3/c23-20-13-12-19(22(25)15-20)11-10-16-6-8-17(9-7-16)14-21(24)18-4-2-1-3-5-18/h1-13,15,21H,14H2/t21-/m1/s1. The number of alkyl halides is 1. The van der Waals surface area contributed by atoms with E-state index in [9.17, 15) is 13.2 Å². The predicted molar refractivity (Wildman–Crippen MR) is 95.7 cm³/mol. The molecule has 0 heterocycles. The van der Waals surface area contributed by atoms with Crippen molar-refractivity contribution in [2.24, 2.45) is 0 Å². The average molecular weight is 338 g/mol. The quantitative estimate of drug-likeness (QED) is 0.473. The van der Waals surface area contributed by atoms with Gasteiger partial charge in [0.2, 0.25) is 0 Å². The Morgan fingerprint density at radius 2 is 1.52 bits per heavy atom. The van der Waals surface area contributed by atoms with Gasteiger partial charge >= 0.3 is 0 Å². The molecule has 0 saturated heterocycles. The fourth-order valence-electron chi connectivity index (χ4n) is 2.57. The van der Waals surface area contributed by atoms with Crippen molar-refractivity contribution < 1.29 is 13.2 Å². The second-order valence-electron chi connectivity index (χ2n) is 5.82. The first-order chi connectivity index (χ1) is 12.1. The van der Waals surface area contributed by atoms with E-state index >= 15 is 0 Å². The zero-order valence-electron chi connectivity index (χ0n) is 13.5. The summed E-state index contributed by atoms with van der Waals surface area (Å²) in [6.07, 6.45) is 2.59. The summed E-state index contributed by atoms with van der Waals surface area (Å²) in [5.41, 5.74) is 2.74. The molecule has 0 fully saturated rings. The zero-order valence-corrected chi connectivity index (χ0v) is 13.5. The zero-order chi connectivity index (χ0) is 17.6. The molecule has 0 spiro atoms. The topological polar surface area (TPSA) is 0 Å². The van der Waals surface area contributed by atoms with E-state index in [0.717, 1.165) is 17.2 Å². The maximum Gasteiger partial charge on any atom is 0.133 e. The molecule has 0 amide bonds. The van der Waals surface area contributed by atoms with E-state index in [-0.39, 0.29) is 0 Å². The van der Waals surface area contributed by atoms with Gasteiger partial charge in [0.1, 0.15) is 17.8 Å². The van der Waals surface area contributed by atoms with E-state index in [1.807, 2.05) is 42.5 Å². The maximum atomic E-state index is 14.3. The van der Waals surface area contributed by atoms with Crippen LogP contribution in [-0.2, 0) is 6.42 Å². The molecular formula is C22H17F3. The van der Waals surface area contributed by atoms with Crippen molar-refractivity contribution in [2.75, 3.05) is 0 Å². The summed E-state index contributed by atoms with van der Waals surface area (Å²) < 4.78 is 40.8. The van der Waals surface area contributed by atoms with Gasteiger partial charge in [-0.25, -0.2) is 13.2 Å². The molecule has 0 aliphatic heterocycles. The molecule has 126 valence electrons. The highest BCUT2D eigenvalue weighted by molar-refractivity contribution is 5.69. The molecule has 0 saturated carbocycles. The Morgan fingerprint density at radius 1 is 0.800 bits per heavy atom. The van der Waals surface area contributed by atoms with Crippen LogP contribution in [0.15, 0.2) is 72.8 Å². The summed E-state index contributed by atoms with van der Waals surface area (Å²) in [6, 6.07) is 19.9. The second kappa shape index (κ2) is 7.84. The first-order valence-electron chi connectivity index (χ1n) is 8.03. The van der Waals surface area contributed by atoms with Crippen molar-refractivity contribution >= 4 is 12.2 Å². The molecule has 3 aromatic carbocycles. The Morgan fingerprint density at radius 3 is 2.20 bits per heavy atom. The Bertz CT molecular complexity index is 852. The number of benzene rings is 3. The van der Waals surface area contributed by atoms with Crippen molar-refractivity contribution in [1.82, 2.24) is 0 Å². The third kappa shape index (κ3) is 4.60. The van der Waals surface area contributed by atoms with Gasteiger partial charge in [-0.3, -0.25) is 0 Å². The van der Waals surface area contributed by atoms with Crippen LogP contribution in [0.4, 0.5) is 13.2 Å². The van der Waals surface area contributed by atoms with E-state index in [2.05, 4.69) is 0 Å². The van der Waals surface area contributed by atoms with E-state index in [1.54, 1.807) is 24.3 Å². The van der Waals surface area contributed by atoms with Crippen LogP contribution in [0, 0.1) is 11.6 Å². The lowest BCUT2D eigenvalue weighted by atomic mass is 10.0. The largest absolute Gasteiger partial charge is 0.242 e. The molecule has 0 radical (unpaired) electrons. The molecule has 0 nitrogen and oxygen atoms in total. The normalized spacial score (nSPS) is 12.4. The molecule has 3 aromatic rings. The molecule has 0 aromatic heterocycles. The molecule has 3 rings (SSSR count). The van der Waals surface area contributed by atoms with E-state index in [0.29, 0.717) is 17.5 Å². The fraction of sp³-hybridized carbons (Fsp3) is 0.0909. The molecule has 25 heavy (non-hydrogen) atoms. The Hall–Kier alpha value is -2.81. The fourth-order valence-corrected chi connectivity index (χ4v) is 2.57. The van der Waals surface area contributed by atoms with Crippen molar-refractivity contribution in [3.05, 3.63) is 107 Å². The van der Waals surface area contributed by atoms with Crippen LogP contribution in [0.1, 0.15) is 28.4 Å². The molecular weight excluding hydrogens is 321 g/mol. The van der Waals surface area contributed by atoms with Gasteiger partial charge in [0.15, 0.2) is 0 Å². The third-order valence-corrected chi connectivity index (χ3v) is 3.97. The minimum absolute atomic E-state index is 0.306. The van der Waals surface area contributed by atoms with Gasteiger partial charge in [-0.2, -0.15) is 0 Å². The van der Waals surface area contributed by atoms with Crippen LogP contribution in [0.2, 0.25) is 0 Å². The summed E-state index contributed by atoms with van der Waals surface area (Å²) in [4.78, 5) is 0. The predicted octanol–water partition coefficient (Wildman–Crippen LogP) is 6.39. The van der Waals surface area contributed by atoms with Gasteiger partial charge in [-0.1, -0.05) is 66.7 Å². The smallest absolute Gasteiger partial charge is 0.133 e. The highest BCUT2D eigenvalue weighted by Gasteiger charge is 2.09. The van der Waals surface area contributed by atoms with Crippen molar-refractivity contribution in [1.29, 1.82) is 0 Å². The SMILES string of the molecule is Fc1ccc(C=Cc2ccc(C[C@@H](F)c3ccccc3)cc2)c(F)c1. The number of hydrogen-bond acceptors (Lipinski definition) is 0. The lowest BCUT2D eigenvalue weighted by molar-refractivity contribution is 0.342. The van der Waals surface area contributed by atoms with E-state index < -0.39 is 17.8 Å². The molecule has 1 atom stereocenters. The second-order valence-corrected chi connectivity index (χ2v) is 5.82. The monoisotopic (exact) mass is 338 g/mol. The van der Waals surface area contributed by atoms with Gasteiger partial charge in [-0.05, 0) is 28.8 Å². The Balaban J connectivity index is 1.67. The van der Waals surface area contributed by atoms with Crippen LogP contribution >= 0.6 is 0 Å². The summed E-state index contributed by atoms with van der Waals surface area (Å²) in [5, 5.41) is 0. The van der Waals surface area contributed by atoms with E-state index in [4.69, 9.17) is 0 Å². The van der Waals surface area contributed by atoms with Gasteiger partial charge in [0.05, 0.1) is 0 Å². The number of rotatable bonds is 5. The number of hydrogen-bond donors (Lipinski definition) is 0. The van der Waals surface area contributed by atoms with E-state index in [1.165, 1.54) is 12.1 Å². The Labute approximate surface area is 145 Å². The molecule has 0 bridgehead atoms. The molecule has 0 unspecified atom stereocenters. The van der Waals surface area contributed by atoms with Gasteiger partial charge in [0, 0.05) is 18.1 Å². The third-order valence-electron chi connectivity index (χ3n) is 3.97. The first-order valence-corrected chi connectivity index (χ1v) is 8.03. The summed E-state index contributed by atoms with van der Waals surface area (Å²) >= 11 is 0. The summed E-state index contributed by atoms with van der Waals surface area (Å²) in [6.45, 7) is 0. The van der Waals surface area contributed by atoms with Gasteiger partial charge < -0.3 is 0 Å². The summed E-state index contributed by atoms with van der Waals surface area (Å²) in [5.74, 6) is -1.20. The minimum atomic E-state index is -1.05. The lowest BCUT2D eigenvalue weighted by Crippen LogP contribution is -1.96. The molecule has 0 aliphatic rings. The van der Waals surface area contributed by atoms with Crippen molar-refractivity contribution in [3.63, 3.8) is 0 Å². The summed E-state index contributed by atoms with van der Waals surface area (Å²) in [7, 11) is 0. The van der Waals surface area contributed by atoms with Crippen LogP contribution < -0.4 is 0 Å². The minimum Gasteiger partial charge on any atom is -0.242 e.